The smallest absolute Gasteiger partial charge is 0.0627 e. The van der Waals surface area contributed by atoms with Gasteiger partial charge in [0.15, 0.2) is 0 Å². The standard InChI is InChI=1S/C17H24N2/c1-2-3-4-5-6-7-13-8-9-14-10-11-16(18)17(19)15(14)12-13/h8-12H,2-7,18-19H2,1H3. The van der Waals surface area contributed by atoms with Gasteiger partial charge in [-0.05, 0) is 35.9 Å². The van der Waals surface area contributed by atoms with Crippen molar-refractivity contribution >= 4 is 22.1 Å². The van der Waals surface area contributed by atoms with Crippen LogP contribution in [0.15, 0.2) is 30.3 Å². The number of nitrogen functional groups attached to an aromatic ring is 2. The van der Waals surface area contributed by atoms with E-state index >= 15 is 0 Å². The maximum atomic E-state index is 6.06. The van der Waals surface area contributed by atoms with Crippen molar-refractivity contribution in [1.29, 1.82) is 0 Å². The summed E-state index contributed by atoms with van der Waals surface area (Å²) in [6, 6.07) is 10.5. The number of nitrogens with two attached hydrogens (primary N) is 2. The van der Waals surface area contributed by atoms with Crippen LogP contribution in [-0.4, -0.2) is 0 Å². The Balaban J connectivity index is 2.06. The van der Waals surface area contributed by atoms with Gasteiger partial charge in [-0.2, -0.15) is 0 Å². The van der Waals surface area contributed by atoms with E-state index in [9.17, 15) is 0 Å². The Bertz CT molecular complexity index is 546. The molecule has 0 aliphatic carbocycles. The van der Waals surface area contributed by atoms with Crippen LogP contribution in [-0.2, 0) is 6.42 Å². The number of aryl methyl sites for hydroxylation is 1. The molecule has 2 rings (SSSR count). The molecule has 2 heteroatoms. The molecule has 0 saturated heterocycles. The molecular weight excluding hydrogens is 232 g/mol. The molecule has 0 amide bonds. The van der Waals surface area contributed by atoms with Gasteiger partial charge in [-0.25, -0.2) is 0 Å². The van der Waals surface area contributed by atoms with Crippen LogP contribution in [0.2, 0.25) is 0 Å². The first-order valence-corrected chi connectivity index (χ1v) is 7.29. The largest absolute Gasteiger partial charge is 0.397 e. The van der Waals surface area contributed by atoms with Crippen LogP contribution >= 0.6 is 0 Å². The van der Waals surface area contributed by atoms with Crippen LogP contribution in [0.3, 0.4) is 0 Å². The van der Waals surface area contributed by atoms with Gasteiger partial charge in [-0.15, -0.1) is 0 Å². The molecule has 0 unspecified atom stereocenters. The molecule has 0 aromatic heterocycles. The monoisotopic (exact) mass is 256 g/mol. The number of unbranched alkanes of at least 4 members (excludes halogenated alkanes) is 4. The minimum absolute atomic E-state index is 0.674. The lowest BCUT2D eigenvalue weighted by atomic mass is 10.0. The van der Waals surface area contributed by atoms with Gasteiger partial charge in [0.1, 0.15) is 0 Å². The van der Waals surface area contributed by atoms with Gasteiger partial charge in [0.25, 0.3) is 0 Å². The fourth-order valence-electron chi connectivity index (χ4n) is 2.50. The Kier molecular flexibility index (Phi) is 4.67. The highest BCUT2D eigenvalue weighted by molar-refractivity contribution is 5.98. The summed E-state index contributed by atoms with van der Waals surface area (Å²) in [6.45, 7) is 2.25. The molecule has 2 aromatic rings. The molecule has 2 nitrogen and oxygen atoms in total. The summed E-state index contributed by atoms with van der Waals surface area (Å²) in [5.41, 5.74) is 14.7. The second-order valence-corrected chi connectivity index (χ2v) is 5.29. The molecule has 0 spiro atoms. The van der Waals surface area contributed by atoms with Gasteiger partial charge in [0.2, 0.25) is 0 Å². The van der Waals surface area contributed by atoms with Gasteiger partial charge < -0.3 is 11.5 Å². The van der Waals surface area contributed by atoms with Crippen molar-refractivity contribution in [2.45, 2.75) is 45.4 Å². The van der Waals surface area contributed by atoms with E-state index in [1.54, 1.807) is 0 Å². The molecule has 0 fully saturated rings. The lowest BCUT2D eigenvalue weighted by molar-refractivity contribution is 0.632. The molecule has 0 heterocycles. The van der Waals surface area contributed by atoms with Crippen molar-refractivity contribution in [2.75, 3.05) is 11.5 Å². The zero-order valence-corrected chi connectivity index (χ0v) is 11.8. The molecule has 0 saturated carbocycles. The first-order valence-electron chi connectivity index (χ1n) is 7.29. The predicted octanol–water partition coefficient (Wildman–Crippen LogP) is 4.52. The Hall–Kier alpha value is -1.70. The second-order valence-electron chi connectivity index (χ2n) is 5.29. The number of hydrogen-bond donors (Lipinski definition) is 2. The summed E-state index contributed by atoms with van der Waals surface area (Å²) >= 11 is 0. The van der Waals surface area contributed by atoms with Crippen LogP contribution in [0.25, 0.3) is 10.8 Å². The molecule has 2 aromatic carbocycles. The second kappa shape index (κ2) is 6.46. The summed E-state index contributed by atoms with van der Waals surface area (Å²) in [6.07, 6.45) is 7.70. The third-order valence-electron chi connectivity index (χ3n) is 3.73. The average Bonchev–Trinajstić information content (AvgIpc) is 2.43. The first-order chi connectivity index (χ1) is 9.22. The summed E-state index contributed by atoms with van der Waals surface area (Å²) in [7, 11) is 0. The molecule has 0 aliphatic rings. The maximum Gasteiger partial charge on any atom is 0.0627 e. The van der Waals surface area contributed by atoms with Crippen molar-refractivity contribution in [3.8, 4) is 0 Å². The van der Waals surface area contributed by atoms with Crippen molar-refractivity contribution in [3.63, 3.8) is 0 Å². The van der Waals surface area contributed by atoms with Gasteiger partial charge >= 0.3 is 0 Å². The number of hydrogen-bond acceptors (Lipinski definition) is 2. The zero-order chi connectivity index (χ0) is 13.7. The van der Waals surface area contributed by atoms with E-state index < -0.39 is 0 Å². The fraction of sp³-hybridized carbons (Fsp3) is 0.412. The van der Waals surface area contributed by atoms with E-state index in [0.717, 1.165) is 11.8 Å². The van der Waals surface area contributed by atoms with E-state index in [0.29, 0.717) is 11.4 Å². The molecule has 0 atom stereocenters. The van der Waals surface area contributed by atoms with E-state index in [1.165, 1.54) is 43.1 Å². The average molecular weight is 256 g/mol. The third-order valence-corrected chi connectivity index (χ3v) is 3.73. The predicted molar refractivity (Wildman–Crippen MR) is 85.2 cm³/mol. The highest BCUT2D eigenvalue weighted by Gasteiger charge is 2.03. The Labute approximate surface area is 115 Å². The van der Waals surface area contributed by atoms with Crippen LogP contribution in [0.5, 0.6) is 0 Å². The van der Waals surface area contributed by atoms with Crippen molar-refractivity contribution in [2.24, 2.45) is 0 Å². The molecule has 0 radical (unpaired) electrons. The van der Waals surface area contributed by atoms with Crippen LogP contribution in [0.4, 0.5) is 11.4 Å². The van der Waals surface area contributed by atoms with Crippen LogP contribution in [0, 0.1) is 0 Å². The number of benzene rings is 2. The summed E-state index contributed by atoms with van der Waals surface area (Å²) < 4.78 is 0. The normalized spacial score (nSPS) is 11.0. The quantitative estimate of drug-likeness (QED) is 0.590. The third kappa shape index (κ3) is 3.40. The lowest BCUT2D eigenvalue weighted by Crippen LogP contribution is -1.96. The highest BCUT2D eigenvalue weighted by atomic mass is 14.7. The topological polar surface area (TPSA) is 52.0 Å². The van der Waals surface area contributed by atoms with Gasteiger partial charge in [-0.1, -0.05) is 50.8 Å². The summed E-state index contributed by atoms with van der Waals surface area (Å²) in [5.74, 6) is 0. The van der Waals surface area contributed by atoms with Crippen LogP contribution in [0.1, 0.15) is 44.6 Å². The minimum Gasteiger partial charge on any atom is -0.397 e. The van der Waals surface area contributed by atoms with Gasteiger partial charge in [0, 0.05) is 5.39 Å². The molecule has 0 bridgehead atoms. The highest BCUT2D eigenvalue weighted by Crippen LogP contribution is 2.27. The molecule has 19 heavy (non-hydrogen) atoms. The zero-order valence-electron chi connectivity index (χ0n) is 11.8. The van der Waals surface area contributed by atoms with E-state index in [-0.39, 0.29) is 0 Å². The Morgan fingerprint density at radius 1 is 0.895 bits per heavy atom. The van der Waals surface area contributed by atoms with E-state index in [2.05, 4.69) is 25.1 Å². The summed E-state index contributed by atoms with van der Waals surface area (Å²) in [5, 5.41) is 2.26. The Morgan fingerprint density at radius 3 is 2.42 bits per heavy atom. The SMILES string of the molecule is CCCCCCCc1ccc2ccc(N)c(N)c2c1. The number of fused-ring (bicyclic) bond motifs is 1. The minimum atomic E-state index is 0.674. The van der Waals surface area contributed by atoms with Crippen LogP contribution < -0.4 is 11.5 Å². The first kappa shape index (κ1) is 13.7. The van der Waals surface area contributed by atoms with E-state index in [4.69, 9.17) is 11.5 Å². The molecule has 102 valence electrons. The van der Waals surface area contributed by atoms with Crippen molar-refractivity contribution in [3.05, 3.63) is 35.9 Å². The summed E-state index contributed by atoms with van der Waals surface area (Å²) in [4.78, 5) is 0. The van der Waals surface area contributed by atoms with Gasteiger partial charge in [-0.3, -0.25) is 0 Å². The fourth-order valence-corrected chi connectivity index (χ4v) is 2.50. The van der Waals surface area contributed by atoms with Crippen molar-refractivity contribution < 1.29 is 0 Å². The lowest BCUT2D eigenvalue weighted by Gasteiger charge is -2.08. The molecule has 0 aliphatic heterocycles. The molecule has 4 N–H and O–H groups in total. The maximum absolute atomic E-state index is 6.06. The number of anilines is 2. The van der Waals surface area contributed by atoms with E-state index in [1.807, 2.05) is 12.1 Å². The van der Waals surface area contributed by atoms with Gasteiger partial charge in [0.05, 0.1) is 11.4 Å². The van der Waals surface area contributed by atoms with Crippen molar-refractivity contribution in [1.82, 2.24) is 0 Å². The number of rotatable bonds is 6. The molecular formula is C17H24N2. The Morgan fingerprint density at radius 2 is 1.63 bits per heavy atom.